The molecule has 0 bridgehead atoms. The van der Waals surface area contributed by atoms with Crippen molar-refractivity contribution in [3.8, 4) is 16.8 Å². The minimum Gasteiger partial charge on any atom is -0.376 e. The van der Waals surface area contributed by atoms with Gasteiger partial charge in [-0.2, -0.15) is 0 Å². The molecule has 0 radical (unpaired) electrons. The Kier molecular flexibility index (Phi) is 5.68. The molecule has 0 amide bonds. The number of nitrogens with zero attached hydrogens (tertiary/aromatic N) is 2. The molecule has 58 heavy (non-hydrogen) atoms. The molecule has 13 aromatic rings. The molecular weight excluding hydrogens is 760 g/mol. The maximum Gasteiger partial charge on any atom is 0.333 e. The van der Waals surface area contributed by atoms with Crippen LogP contribution in [0.5, 0.6) is 0 Å². The summed E-state index contributed by atoms with van der Waals surface area (Å²) in [5.41, 5.74) is 11.9. The van der Waals surface area contributed by atoms with E-state index in [0.717, 1.165) is 0 Å². The van der Waals surface area contributed by atoms with Gasteiger partial charge in [-0.3, -0.25) is 0 Å². The zero-order valence-electron chi connectivity index (χ0n) is 30.8. The van der Waals surface area contributed by atoms with E-state index in [9.17, 15) is 0 Å². The third-order valence-electron chi connectivity index (χ3n) is 13.1. The van der Waals surface area contributed by atoms with Crippen LogP contribution < -0.4 is 15.7 Å². The molecule has 0 atom stereocenters. The standard InChI is InChI=1S/C52H27BN2S3/c1-2-12-29-28(11-1)23-24-37-45(29)33-16-9-17-36-50(33)54(37)51-49-35(27-34-30-13-3-6-19-40(30)58-52(34)51)47-39(25-26-44-48(47)32-15-5-8-21-42(32)57-44)55(53(36)49)38-18-10-22-43-46(38)31-14-4-7-20-41(31)56-43/h1-27H. The molecular formula is C52H27BN2S3. The summed E-state index contributed by atoms with van der Waals surface area (Å²) in [6.45, 7) is -0.0644. The zero-order chi connectivity index (χ0) is 37.4. The molecule has 6 heterocycles. The maximum atomic E-state index is 2.75. The van der Waals surface area contributed by atoms with Crippen LogP contribution in [0.4, 0.5) is 11.4 Å². The summed E-state index contributed by atoms with van der Waals surface area (Å²) in [5.74, 6) is 0. The van der Waals surface area contributed by atoms with E-state index in [0.29, 0.717) is 0 Å². The lowest BCUT2D eigenvalue weighted by molar-refractivity contribution is 1.20. The molecule has 0 unspecified atom stereocenters. The Hall–Kier alpha value is -6.44. The Labute approximate surface area is 344 Å². The molecule has 6 heteroatoms. The first-order valence-electron chi connectivity index (χ1n) is 19.9. The fraction of sp³-hybridized carbons (Fsp3) is 0. The third-order valence-corrected chi connectivity index (χ3v) is 16.6. The fourth-order valence-corrected chi connectivity index (χ4v) is 14.4. The van der Waals surface area contributed by atoms with E-state index in [1.54, 1.807) is 0 Å². The monoisotopic (exact) mass is 786 g/mol. The number of para-hydroxylation sites is 1. The van der Waals surface area contributed by atoms with Gasteiger partial charge in [0.05, 0.1) is 21.4 Å². The van der Waals surface area contributed by atoms with Gasteiger partial charge in [-0.25, -0.2) is 0 Å². The number of thiophene rings is 3. The molecule has 0 N–H and O–H groups in total. The largest absolute Gasteiger partial charge is 0.376 e. The second kappa shape index (κ2) is 10.7. The van der Waals surface area contributed by atoms with E-state index in [1.807, 2.05) is 34.0 Å². The van der Waals surface area contributed by atoms with Gasteiger partial charge in [-0.15, -0.1) is 34.0 Å². The van der Waals surface area contributed by atoms with Crippen molar-refractivity contribution in [3.63, 3.8) is 0 Å². The van der Waals surface area contributed by atoms with Gasteiger partial charge >= 0.3 is 6.85 Å². The first kappa shape index (κ1) is 30.7. The lowest BCUT2D eigenvalue weighted by Gasteiger charge is -2.43. The van der Waals surface area contributed by atoms with Gasteiger partial charge in [0.25, 0.3) is 0 Å². The quantitative estimate of drug-likeness (QED) is 0.151. The topological polar surface area (TPSA) is 8.17 Å². The Balaban J connectivity index is 1.22. The Morgan fingerprint density at radius 1 is 0.431 bits per heavy atom. The highest BCUT2D eigenvalue weighted by molar-refractivity contribution is 7.27. The molecule has 2 nitrogen and oxygen atoms in total. The Morgan fingerprint density at radius 2 is 1.09 bits per heavy atom. The van der Waals surface area contributed by atoms with E-state index in [2.05, 4.69) is 173 Å². The minimum atomic E-state index is -0.0644. The second-order valence-corrected chi connectivity index (χ2v) is 19.1. The maximum absolute atomic E-state index is 2.75. The number of rotatable bonds is 1. The SMILES string of the molecule is c1ccc2c(c1)ccc1c2c2cccc3c2n1-c1c2c(cc4c1sc1ccccc14)-c1c(ccc4sc5ccccc5c14)N(c1cccc4sc5ccccc5c14)B23. The predicted octanol–water partition coefficient (Wildman–Crippen LogP) is 14.3. The third kappa shape index (κ3) is 3.63. The summed E-state index contributed by atoms with van der Waals surface area (Å²) in [6, 6.07) is 62.2. The smallest absolute Gasteiger partial charge is 0.333 e. The van der Waals surface area contributed by atoms with Crippen molar-refractivity contribution in [2.24, 2.45) is 0 Å². The van der Waals surface area contributed by atoms with Gasteiger partial charge in [0.2, 0.25) is 0 Å². The lowest BCUT2D eigenvalue weighted by Crippen LogP contribution is -2.60. The summed E-state index contributed by atoms with van der Waals surface area (Å²) in [6.07, 6.45) is 0. The molecule has 0 aliphatic carbocycles. The molecule has 2 aliphatic heterocycles. The number of benzene rings is 9. The van der Waals surface area contributed by atoms with Gasteiger partial charge in [0.1, 0.15) is 0 Å². The van der Waals surface area contributed by atoms with Crippen molar-refractivity contribution >= 4 is 156 Å². The molecule has 266 valence electrons. The molecule has 2 aliphatic rings. The highest BCUT2D eigenvalue weighted by atomic mass is 32.1. The van der Waals surface area contributed by atoms with Crippen molar-refractivity contribution in [2.75, 3.05) is 4.81 Å². The van der Waals surface area contributed by atoms with Crippen LogP contribution in [0.3, 0.4) is 0 Å². The summed E-state index contributed by atoms with van der Waals surface area (Å²) in [4.78, 5) is 2.75. The summed E-state index contributed by atoms with van der Waals surface area (Å²) < 4.78 is 10.7. The van der Waals surface area contributed by atoms with E-state index in [4.69, 9.17) is 0 Å². The number of hydrogen-bond donors (Lipinski definition) is 0. The molecule has 0 saturated carbocycles. The van der Waals surface area contributed by atoms with Gasteiger partial charge in [-0.1, -0.05) is 109 Å². The normalized spacial score (nSPS) is 13.4. The van der Waals surface area contributed by atoms with Crippen LogP contribution in [-0.4, -0.2) is 11.4 Å². The molecule has 0 spiro atoms. The highest BCUT2D eigenvalue weighted by Crippen LogP contribution is 2.54. The van der Waals surface area contributed by atoms with Crippen LogP contribution in [-0.2, 0) is 0 Å². The highest BCUT2D eigenvalue weighted by Gasteiger charge is 2.46. The van der Waals surface area contributed by atoms with E-state index in [1.165, 1.54) is 132 Å². The number of anilines is 2. The number of fused-ring (bicyclic) bond motifs is 20. The van der Waals surface area contributed by atoms with Crippen molar-refractivity contribution in [3.05, 3.63) is 164 Å². The Bertz CT molecular complexity index is 4010. The number of aromatic nitrogens is 1. The summed E-state index contributed by atoms with van der Waals surface area (Å²) >= 11 is 5.77. The van der Waals surface area contributed by atoms with Gasteiger partial charge < -0.3 is 9.38 Å². The average Bonchev–Trinajstić information content (AvgIpc) is 4.04. The summed E-state index contributed by atoms with van der Waals surface area (Å²) in [7, 11) is 0. The van der Waals surface area contributed by atoms with Crippen molar-refractivity contribution < 1.29 is 0 Å². The first-order chi connectivity index (χ1) is 28.8. The lowest BCUT2D eigenvalue weighted by atomic mass is 9.43. The van der Waals surface area contributed by atoms with Crippen molar-refractivity contribution in [1.29, 1.82) is 0 Å². The fourth-order valence-electron chi connectivity index (χ4n) is 10.9. The van der Waals surface area contributed by atoms with Gasteiger partial charge in [-0.05, 0) is 81.9 Å². The minimum absolute atomic E-state index is 0.0644. The molecule has 15 rings (SSSR count). The molecule has 9 aromatic carbocycles. The van der Waals surface area contributed by atoms with Gasteiger partial charge in [0.15, 0.2) is 0 Å². The van der Waals surface area contributed by atoms with Crippen LogP contribution in [0.2, 0.25) is 0 Å². The van der Waals surface area contributed by atoms with E-state index >= 15 is 0 Å². The van der Waals surface area contributed by atoms with Crippen LogP contribution in [0.15, 0.2) is 164 Å². The molecule has 4 aromatic heterocycles. The number of hydrogen-bond acceptors (Lipinski definition) is 4. The van der Waals surface area contributed by atoms with Gasteiger partial charge in [0, 0.05) is 83.5 Å². The van der Waals surface area contributed by atoms with Crippen LogP contribution >= 0.6 is 34.0 Å². The average molecular weight is 787 g/mol. The second-order valence-electron chi connectivity index (χ2n) is 15.9. The predicted molar refractivity (Wildman–Crippen MR) is 256 cm³/mol. The first-order valence-corrected chi connectivity index (χ1v) is 22.3. The summed E-state index contributed by atoms with van der Waals surface area (Å²) in [5, 5.41) is 13.2. The van der Waals surface area contributed by atoms with Crippen LogP contribution in [0.25, 0.3) is 110 Å². The molecule has 0 fully saturated rings. The zero-order valence-corrected chi connectivity index (χ0v) is 33.2. The van der Waals surface area contributed by atoms with Crippen molar-refractivity contribution in [2.45, 2.75) is 0 Å². The van der Waals surface area contributed by atoms with E-state index in [-0.39, 0.29) is 6.85 Å². The van der Waals surface area contributed by atoms with Crippen LogP contribution in [0.1, 0.15) is 0 Å². The van der Waals surface area contributed by atoms with E-state index < -0.39 is 0 Å². The molecule has 0 saturated heterocycles. The van der Waals surface area contributed by atoms with Crippen molar-refractivity contribution in [1.82, 2.24) is 4.57 Å². The Morgan fingerprint density at radius 3 is 1.91 bits per heavy atom. The van der Waals surface area contributed by atoms with Crippen LogP contribution in [0, 0.1) is 0 Å².